The number of hydrogen-bond donors (Lipinski definition) is 2. The highest BCUT2D eigenvalue weighted by atomic mass is 35.5. The molecule has 1 amide bonds. The number of carbonyl (C=O) groups excluding carboxylic acids is 1. The summed E-state index contributed by atoms with van der Waals surface area (Å²) in [6.45, 7) is 3.13. The number of pyridine rings is 1. The Labute approximate surface area is 148 Å². The second-order valence-electron chi connectivity index (χ2n) is 5.95. The quantitative estimate of drug-likeness (QED) is 0.881. The largest absolute Gasteiger partial charge is 0.350 e. The van der Waals surface area contributed by atoms with Crippen LogP contribution in [0.1, 0.15) is 30.5 Å². The van der Waals surface area contributed by atoms with Crippen molar-refractivity contribution >= 4 is 36.4 Å². The van der Waals surface area contributed by atoms with E-state index in [2.05, 4.69) is 10.3 Å². The van der Waals surface area contributed by atoms with Crippen LogP contribution in [-0.4, -0.2) is 21.8 Å². The molecule has 0 saturated heterocycles. The van der Waals surface area contributed by atoms with E-state index in [-0.39, 0.29) is 36.6 Å². The summed E-state index contributed by atoms with van der Waals surface area (Å²) in [5.74, 6) is 0.541. The van der Waals surface area contributed by atoms with E-state index in [1.807, 2.05) is 35.9 Å². The molecule has 0 bridgehead atoms. The molecule has 0 unspecified atom stereocenters. The van der Waals surface area contributed by atoms with Crippen LogP contribution in [0.4, 0.5) is 0 Å². The molecule has 0 aliphatic heterocycles. The molecule has 23 heavy (non-hydrogen) atoms. The smallest absolute Gasteiger partial charge is 0.223 e. The molecule has 1 aliphatic carbocycles. The summed E-state index contributed by atoms with van der Waals surface area (Å²) < 4.78 is 1.98. The summed E-state index contributed by atoms with van der Waals surface area (Å²) in [6, 6.07) is 4.08. The molecule has 1 fully saturated rings. The molecule has 1 aliphatic rings. The number of nitrogens with zero attached hydrogens (tertiary/aromatic N) is 2. The third-order valence-electron chi connectivity index (χ3n) is 4.41. The Morgan fingerprint density at radius 2 is 2.22 bits per heavy atom. The number of rotatable bonds is 4. The van der Waals surface area contributed by atoms with E-state index in [0.717, 1.165) is 30.6 Å². The van der Waals surface area contributed by atoms with Gasteiger partial charge in [0.1, 0.15) is 5.65 Å². The highest BCUT2D eigenvalue weighted by Crippen LogP contribution is 2.30. The third-order valence-corrected chi connectivity index (χ3v) is 4.41. The first-order valence-electron chi connectivity index (χ1n) is 7.59. The van der Waals surface area contributed by atoms with Gasteiger partial charge < -0.3 is 15.5 Å². The molecule has 0 aromatic carbocycles. The van der Waals surface area contributed by atoms with E-state index < -0.39 is 0 Å². The van der Waals surface area contributed by atoms with Crippen LogP contribution in [0.2, 0.25) is 0 Å². The molecule has 0 spiro atoms. The Bertz CT molecular complexity index is 659. The molecule has 1 saturated carbocycles. The summed E-state index contributed by atoms with van der Waals surface area (Å²) in [6.07, 6.45) is 7.09. The minimum atomic E-state index is 0. The predicted molar refractivity (Wildman–Crippen MR) is 96.2 cm³/mol. The van der Waals surface area contributed by atoms with E-state index in [4.69, 9.17) is 5.73 Å². The van der Waals surface area contributed by atoms with Crippen LogP contribution in [0, 0.1) is 18.8 Å². The average molecular weight is 359 g/mol. The average Bonchev–Trinajstić information content (AvgIpc) is 3.10. The number of aromatic nitrogens is 2. The van der Waals surface area contributed by atoms with Crippen molar-refractivity contribution in [1.29, 1.82) is 0 Å². The summed E-state index contributed by atoms with van der Waals surface area (Å²) in [4.78, 5) is 16.8. The van der Waals surface area contributed by atoms with E-state index in [1.165, 1.54) is 5.56 Å². The number of carbonyl (C=O) groups is 1. The van der Waals surface area contributed by atoms with Gasteiger partial charge in [0.25, 0.3) is 0 Å². The van der Waals surface area contributed by atoms with Crippen LogP contribution in [-0.2, 0) is 11.3 Å². The summed E-state index contributed by atoms with van der Waals surface area (Å²) in [7, 11) is 0. The molecule has 2 aromatic heterocycles. The fourth-order valence-electron chi connectivity index (χ4n) is 3.19. The number of imidazole rings is 1. The maximum absolute atomic E-state index is 12.3. The molecule has 2 aromatic rings. The number of aryl methyl sites for hydroxylation is 1. The minimum absolute atomic E-state index is 0. The normalized spacial score (nSPS) is 19.9. The third kappa shape index (κ3) is 4.37. The zero-order valence-electron chi connectivity index (χ0n) is 13.2. The Hall–Kier alpha value is -1.30. The van der Waals surface area contributed by atoms with Crippen LogP contribution in [0.15, 0.2) is 24.5 Å². The standard InChI is InChI=1S/C16H22N4O.2ClH/c1-11-5-6-20-10-13(19-15(20)7-11)9-18-16(21)14-4-2-3-12(14)8-17;;/h5-7,10,12,14H,2-4,8-9,17H2,1H3,(H,18,21);2*1H/t12-,14-;;/m1../s1. The van der Waals surface area contributed by atoms with E-state index >= 15 is 0 Å². The number of amides is 1. The number of hydrogen-bond acceptors (Lipinski definition) is 3. The van der Waals surface area contributed by atoms with E-state index in [9.17, 15) is 4.79 Å². The number of fused-ring (bicyclic) bond motifs is 1. The van der Waals surface area contributed by atoms with Gasteiger partial charge in [-0.2, -0.15) is 0 Å². The van der Waals surface area contributed by atoms with Crippen LogP contribution in [0.25, 0.3) is 5.65 Å². The molecule has 7 heteroatoms. The second kappa shape index (κ2) is 8.52. The zero-order chi connectivity index (χ0) is 14.8. The van der Waals surface area contributed by atoms with Gasteiger partial charge in [-0.15, -0.1) is 24.8 Å². The minimum Gasteiger partial charge on any atom is -0.350 e. The highest BCUT2D eigenvalue weighted by molar-refractivity contribution is 5.85. The van der Waals surface area contributed by atoms with E-state index in [1.54, 1.807) is 0 Å². The van der Waals surface area contributed by atoms with Gasteiger partial charge in [0.15, 0.2) is 0 Å². The van der Waals surface area contributed by atoms with Crippen molar-refractivity contribution in [1.82, 2.24) is 14.7 Å². The van der Waals surface area contributed by atoms with Crippen molar-refractivity contribution in [2.75, 3.05) is 6.54 Å². The maximum Gasteiger partial charge on any atom is 0.223 e. The van der Waals surface area contributed by atoms with Gasteiger partial charge in [-0.05, 0) is 49.9 Å². The Morgan fingerprint density at radius 3 is 2.96 bits per heavy atom. The fourth-order valence-corrected chi connectivity index (χ4v) is 3.19. The van der Waals surface area contributed by atoms with Gasteiger partial charge in [-0.25, -0.2) is 4.98 Å². The van der Waals surface area contributed by atoms with Crippen molar-refractivity contribution in [3.05, 3.63) is 35.8 Å². The van der Waals surface area contributed by atoms with Gasteiger partial charge >= 0.3 is 0 Å². The van der Waals surface area contributed by atoms with Crippen molar-refractivity contribution in [2.45, 2.75) is 32.7 Å². The summed E-state index contributed by atoms with van der Waals surface area (Å²) in [5, 5.41) is 3.01. The lowest BCUT2D eigenvalue weighted by Crippen LogP contribution is -2.34. The lowest BCUT2D eigenvalue weighted by Gasteiger charge is -2.16. The van der Waals surface area contributed by atoms with Gasteiger partial charge in [-0.3, -0.25) is 4.79 Å². The molecular formula is C16H24Cl2N4O. The Morgan fingerprint density at radius 1 is 1.43 bits per heavy atom. The monoisotopic (exact) mass is 358 g/mol. The number of nitrogens with one attached hydrogen (secondary N) is 1. The van der Waals surface area contributed by atoms with Crippen molar-refractivity contribution in [3.8, 4) is 0 Å². The maximum atomic E-state index is 12.3. The fraction of sp³-hybridized carbons (Fsp3) is 0.500. The van der Waals surface area contributed by atoms with Crippen molar-refractivity contribution in [2.24, 2.45) is 17.6 Å². The van der Waals surface area contributed by atoms with Crippen LogP contribution in [0.3, 0.4) is 0 Å². The number of nitrogens with two attached hydrogens (primary N) is 1. The molecule has 0 radical (unpaired) electrons. The molecule has 5 nitrogen and oxygen atoms in total. The van der Waals surface area contributed by atoms with Crippen LogP contribution < -0.4 is 11.1 Å². The first kappa shape index (κ1) is 19.7. The second-order valence-corrected chi connectivity index (χ2v) is 5.95. The molecule has 128 valence electrons. The summed E-state index contributed by atoms with van der Waals surface area (Å²) >= 11 is 0. The van der Waals surface area contributed by atoms with Crippen molar-refractivity contribution < 1.29 is 4.79 Å². The first-order valence-corrected chi connectivity index (χ1v) is 7.59. The van der Waals surface area contributed by atoms with Gasteiger partial charge in [0.05, 0.1) is 12.2 Å². The predicted octanol–water partition coefficient (Wildman–Crippen LogP) is 2.48. The highest BCUT2D eigenvalue weighted by Gasteiger charge is 2.31. The zero-order valence-corrected chi connectivity index (χ0v) is 14.8. The molecule has 3 N–H and O–H groups in total. The summed E-state index contributed by atoms with van der Waals surface area (Å²) in [5.41, 5.74) is 8.72. The number of halogens is 2. The van der Waals surface area contributed by atoms with Crippen LogP contribution in [0.5, 0.6) is 0 Å². The molecular weight excluding hydrogens is 335 g/mol. The Balaban J connectivity index is 0.00000132. The molecule has 2 heterocycles. The van der Waals surface area contributed by atoms with E-state index in [0.29, 0.717) is 19.0 Å². The van der Waals surface area contributed by atoms with Crippen molar-refractivity contribution in [3.63, 3.8) is 0 Å². The van der Waals surface area contributed by atoms with Gasteiger partial charge in [0.2, 0.25) is 5.91 Å². The topological polar surface area (TPSA) is 72.4 Å². The molecule has 2 atom stereocenters. The lowest BCUT2D eigenvalue weighted by atomic mass is 9.95. The lowest BCUT2D eigenvalue weighted by molar-refractivity contribution is -0.126. The Kier molecular flexibility index (Phi) is 7.32. The molecule has 3 rings (SSSR count). The van der Waals surface area contributed by atoms with Gasteiger partial charge in [-0.1, -0.05) is 6.42 Å². The first-order chi connectivity index (χ1) is 10.2. The van der Waals surface area contributed by atoms with Gasteiger partial charge in [0, 0.05) is 18.3 Å². The van der Waals surface area contributed by atoms with Crippen LogP contribution >= 0.6 is 24.8 Å². The SMILES string of the molecule is Cc1ccn2cc(CNC(=O)[C@@H]3CCC[C@@H]3CN)nc2c1.Cl.Cl.